The Balaban J connectivity index is 1.63. The number of hydrogen-bond donors (Lipinski definition) is 2. The molecule has 0 aromatic heterocycles. The molecule has 0 atom stereocenters. The Hall–Kier alpha value is -2.24. The number of primary amides is 1. The first-order valence-corrected chi connectivity index (χ1v) is 10.0. The van der Waals surface area contributed by atoms with Crippen LogP contribution >= 0.6 is 0 Å². The number of carbonyl (C=O) groups is 2. The zero-order valence-corrected chi connectivity index (χ0v) is 16.2. The van der Waals surface area contributed by atoms with Crippen LogP contribution in [0.3, 0.4) is 0 Å². The number of methoxy groups -OCH3 is 1. The summed E-state index contributed by atoms with van der Waals surface area (Å²) in [5, 5.41) is 3.17. The maximum Gasteiger partial charge on any atom is 0.317 e. The first-order chi connectivity index (χ1) is 13.0. The molecule has 3 N–H and O–H groups in total. The lowest BCUT2D eigenvalue weighted by Crippen LogP contribution is -2.50. The first kappa shape index (κ1) is 19.5. The molecule has 1 saturated heterocycles. The molecule has 6 nitrogen and oxygen atoms in total. The van der Waals surface area contributed by atoms with Crippen LogP contribution in [0.1, 0.15) is 50.5 Å². The Kier molecular flexibility index (Phi) is 6.24. The predicted octanol–water partition coefficient (Wildman–Crippen LogP) is 2.80. The van der Waals surface area contributed by atoms with Gasteiger partial charge in [-0.15, -0.1) is 0 Å². The van der Waals surface area contributed by atoms with Crippen LogP contribution in [0.5, 0.6) is 5.75 Å². The zero-order chi connectivity index (χ0) is 19.3. The number of amides is 3. The number of benzene rings is 1. The molecule has 3 amide bonds. The van der Waals surface area contributed by atoms with Gasteiger partial charge in [-0.25, -0.2) is 4.79 Å². The molecular weight excluding hydrogens is 342 g/mol. The van der Waals surface area contributed by atoms with Crippen molar-refractivity contribution in [2.24, 2.45) is 11.7 Å². The third-order valence-corrected chi connectivity index (χ3v) is 6.28. The highest BCUT2D eigenvalue weighted by atomic mass is 16.5. The molecule has 1 aliphatic heterocycles. The van der Waals surface area contributed by atoms with Crippen LogP contribution in [-0.2, 0) is 10.2 Å². The van der Waals surface area contributed by atoms with Crippen molar-refractivity contribution in [3.05, 3.63) is 29.8 Å². The Bertz CT molecular complexity index is 645. The second-order valence-corrected chi connectivity index (χ2v) is 7.89. The van der Waals surface area contributed by atoms with Crippen molar-refractivity contribution in [2.75, 3.05) is 26.7 Å². The van der Waals surface area contributed by atoms with Crippen LogP contribution in [-0.4, -0.2) is 43.6 Å². The summed E-state index contributed by atoms with van der Waals surface area (Å²) in [5.41, 5.74) is 6.65. The van der Waals surface area contributed by atoms with Gasteiger partial charge < -0.3 is 20.7 Å². The van der Waals surface area contributed by atoms with E-state index < -0.39 is 0 Å². The molecule has 6 heteroatoms. The molecule has 2 aliphatic rings. The van der Waals surface area contributed by atoms with Crippen LogP contribution in [0.25, 0.3) is 0 Å². The Morgan fingerprint density at radius 3 is 2.33 bits per heavy atom. The van der Waals surface area contributed by atoms with Crippen molar-refractivity contribution in [2.45, 2.75) is 50.4 Å². The lowest BCUT2D eigenvalue weighted by Gasteiger charge is -2.39. The Labute approximate surface area is 161 Å². The molecule has 27 heavy (non-hydrogen) atoms. The number of urea groups is 1. The Morgan fingerprint density at radius 1 is 1.15 bits per heavy atom. The molecule has 0 spiro atoms. The summed E-state index contributed by atoms with van der Waals surface area (Å²) in [5.74, 6) is 0.500. The number of carbonyl (C=O) groups excluding carboxylic acids is 2. The normalized spacial score (nSPS) is 20.1. The predicted molar refractivity (Wildman–Crippen MR) is 105 cm³/mol. The summed E-state index contributed by atoms with van der Waals surface area (Å²) >= 11 is 0. The van der Waals surface area contributed by atoms with E-state index in [1.165, 1.54) is 24.8 Å². The maximum absolute atomic E-state index is 12.7. The van der Waals surface area contributed by atoms with Gasteiger partial charge in [0.1, 0.15) is 5.75 Å². The van der Waals surface area contributed by atoms with Crippen molar-refractivity contribution in [3.63, 3.8) is 0 Å². The minimum atomic E-state index is -0.254. The van der Waals surface area contributed by atoms with Crippen molar-refractivity contribution >= 4 is 11.9 Å². The first-order valence-electron chi connectivity index (χ1n) is 10.0. The van der Waals surface area contributed by atoms with E-state index in [9.17, 15) is 9.59 Å². The third-order valence-electron chi connectivity index (χ3n) is 6.28. The van der Waals surface area contributed by atoms with Gasteiger partial charge in [-0.1, -0.05) is 31.4 Å². The van der Waals surface area contributed by atoms with Gasteiger partial charge in [-0.3, -0.25) is 4.79 Å². The second kappa shape index (κ2) is 8.63. The molecule has 3 rings (SSSR count). The van der Waals surface area contributed by atoms with Crippen LogP contribution < -0.4 is 15.8 Å². The molecule has 0 unspecified atom stereocenters. The number of likely N-dealkylation sites (tertiary alicyclic amines) is 1. The number of nitrogens with one attached hydrogen (secondary N) is 1. The van der Waals surface area contributed by atoms with E-state index >= 15 is 0 Å². The summed E-state index contributed by atoms with van der Waals surface area (Å²) in [7, 11) is 1.67. The summed E-state index contributed by atoms with van der Waals surface area (Å²) in [6, 6.07) is 8.24. The summed E-state index contributed by atoms with van der Waals surface area (Å²) in [6.45, 7) is 1.83. The van der Waals surface area contributed by atoms with E-state index in [0.717, 1.165) is 18.6 Å². The van der Waals surface area contributed by atoms with E-state index in [1.807, 2.05) is 17.0 Å². The molecule has 1 aliphatic carbocycles. The molecule has 1 heterocycles. The van der Waals surface area contributed by atoms with Gasteiger partial charge >= 0.3 is 6.03 Å². The van der Waals surface area contributed by atoms with Crippen LogP contribution in [0.4, 0.5) is 4.79 Å². The van der Waals surface area contributed by atoms with Crippen LogP contribution in [0.2, 0.25) is 0 Å². The van der Waals surface area contributed by atoms with Gasteiger partial charge in [-0.2, -0.15) is 0 Å². The third kappa shape index (κ3) is 4.54. The van der Waals surface area contributed by atoms with Crippen LogP contribution in [0.15, 0.2) is 24.3 Å². The molecule has 0 radical (unpaired) electrons. The average Bonchev–Trinajstić information content (AvgIpc) is 2.73. The molecule has 1 saturated carbocycles. The smallest absolute Gasteiger partial charge is 0.317 e. The summed E-state index contributed by atoms with van der Waals surface area (Å²) in [6.07, 6.45) is 7.12. The fraction of sp³-hybridized carbons (Fsp3) is 0.619. The molecule has 148 valence electrons. The largest absolute Gasteiger partial charge is 0.497 e. The average molecular weight is 373 g/mol. The quantitative estimate of drug-likeness (QED) is 0.832. The van der Waals surface area contributed by atoms with Crippen molar-refractivity contribution in [3.8, 4) is 5.75 Å². The number of ether oxygens (including phenoxy) is 1. The highest BCUT2D eigenvalue weighted by molar-refractivity contribution is 5.78. The molecule has 1 aromatic carbocycles. The lowest BCUT2D eigenvalue weighted by molar-refractivity contribution is -0.123. The highest BCUT2D eigenvalue weighted by Gasteiger charge is 2.35. The standard InChI is InChI=1S/C21H31N3O3/c1-27-18-7-5-17(6-8-18)21(11-3-2-4-12-21)15-23-20(26)24-13-9-16(10-14-24)19(22)25/h5-8,16H,2-4,9-15H2,1H3,(H2,22,25)(H,23,26). The lowest BCUT2D eigenvalue weighted by atomic mass is 9.69. The summed E-state index contributed by atoms with van der Waals surface area (Å²) in [4.78, 5) is 25.8. The van der Waals surface area contributed by atoms with Crippen LogP contribution in [0, 0.1) is 5.92 Å². The molecule has 0 bridgehead atoms. The maximum atomic E-state index is 12.7. The van der Waals surface area contributed by atoms with Gasteiger partial charge in [0.2, 0.25) is 5.91 Å². The minimum absolute atomic E-state index is 0.00821. The van der Waals surface area contributed by atoms with E-state index in [2.05, 4.69) is 17.4 Å². The van der Waals surface area contributed by atoms with Crippen molar-refractivity contribution < 1.29 is 14.3 Å². The van der Waals surface area contributed by atoms with E-state index in [4.69, 9.17) is 10.5 Å². The SMILES string of the molecule is COc1ccc(C2(CNC(=O)N3CCC(C(N)=O)CC3)CCCCC2)cc1. The fourth-order valence-corrected chi connectivity index (χ4v) is 4.46. The monoisotopic (exact) mass is 373 g/mol. The van der Waals surface area contributed by atoms with Gasteiger partial charge in [0.25, 0.3) is 0 Å². The van der Waals surface area contributed by atoms with E-state index in [1.54, 1.807) is 7.11 Å². The Morgan fingerprint density at radius 2 is 1.78 bits per heavy atom. The fourth-order valence-electron chi connectivity index (χ4n) is 4.46. The van der Waals surface area contributed by atoms with Gasteiger partial charge in [0.05, 0.1) is 7.11 Å². The summed E-state index contributed by atoms with van der Waals surface area (Å²) < 4.78 is 5.28. The zero-order valence-electron chi connectivity index (χ0n) is 16.2. The van der Waals surface area contributed by atoms with Gasteiger partial charge in [0.15, 0.2) is 0 Å². The number of nitrogens with two attached hydrogens (primary N) is 1. The topological polar surface area (TPSA) is 84.7 Å². The van der Waals surface area contributed by atoms with Gasteiger partial charge in [-0.05, 0) is 43.4 Å². The van der Waals surface area contributed by atoms with Gasteiger partial charge in [0, 0.05) is 31.0 Å². The molecule has 2 fully saturated rings. The second-order valence-electron chi connectivity index (χ2n) is 7.89. The minimum Gasteiger partial charge on any atom is -0.497 e. The van der Waals surface area contributed by atoms with Crippen molar-refractivity contribution in [1.82, 2.24) is 10.2 Å². The molecular formula is C21H31N3O3. The van der Waals surface area contributed by atoms with Crippen molar-refractivity contribution in [1.29, 1.82) is 0 Å². The number of rotatable bonds is 5. The number of nitrogens with zero attached hydrogens (tertiary/aromatic N) is 1. The highest BCUT2D eigenvalue weighted by Crippen LogP contribution is 2.39. The number of piperidine rings is 1. The van der Waals surface area contributed by atoms with E-state index in [-0.39, 0.29) is 23.3 Å². The van der Waals surface area contributed by atoms with E-state index in [0.29, 0.717) is 32.5 Å². The molecule has 1 aromatic rings. The number of hydrogen-bond acceptors (Lipinski definition) is 3.